The summed E-state index contributed by atoms with van der Waals surface area (Å²) in [6, 6.07) is 9.78. The van der Waals surface area contributed by atoms with E-state index in [9.17, 15) is 20.2 Å². The molecule has 0 aromatic heterocycles. The predicted molar refractivity (Wildman–Crippen MR) is 91.2 cm³/mol. The van der Waals surface area contributed by atoms with Gasteiger partial charge < -0.3 is 10.1 Å². The lowest BCUT2D eigenvalue weighted by Gasteiger charge is -2.28. The second-order valence-electron chi connectivity index (χ2n) is 5.64. The predicted octanol–water partition coefficient (Wildman–Crippen LogP) is 2.81. The molecule has 26 heavy (non-hydrogen) atoms. The first-order valence-electron chi connectivity index (χ1n) is 7.77. The summed E-state index contributed by atoms with van der Waals surface area (Å²) in [5.74, 6) is -1.45. The van der Waals surface area contributed by atoms with Crippen molar-refractivity contribution in [2.75, 3.05) is 6.61 Å². The van der Waals surface area contributed by atoms with Crippen LogP contribution in [-0.4, -0.2) is 17.5 Å². The molecule has 0 radical (unpaired) electrons. The first kappa shape index (κ1) is 18.7. The van der Waals surface area contributed by atoms with E-state index < -0.39 is 16.8 Å². The van der Waals surface area contributed by atoms with Gasteiger partial charge in [-0.1, -0.05) is 12.1 Å². The quantitative estimate of drug-likeness (QED) is 0.373. The minimum Gasteiger partial charge on any atom is -0.461 e. The van der Waals surface area contributed by atoms with Gasteiger partial charge in [0.25, 0.3) is 5.69 Å². The molecule has 0 saturated carbocycles. The summed E-state index contributed by atoms with van der Waals surface area (Å²) in [7, 11) is 0. The van der Waals surface area contributed by atoms with Crippen LogP contribution in [0.2, 0.25) is 0 Å². The molecular formula is C18H16N4O4. The molecular weight excluding hydrogens is 336 g/mol. The van der Waals surface area contributed by atoms with Gasteiger partial charge in [-0.05, 0) is 19.4 Å². The zero-order valence-corrected chi connectivity index (χ0v) is 14.3. The number of benzene rings is 1. The van der Waals surface area contributed by atoms with E-state index in [1.807, 2.05) is 6.07 Å². The third-order valence-electron chi connectivity index (χ3n) is 3.96. The van der Waals surface area contributed by atoms with Crippen LogP contribution in [0.15, 0.2) is 46.8 Å². The molecule has 1 heterocycles. The van der Waals surface area contributed by atoms with E-state index >= 15 is 0 Å². The lowest BCUT2D eigenvalue weighted by atomic mass is 9.81. The number of hydrogen-bond donors (Lipinski definition) is 1. The number of carbonyl (C=O) groups excluding carboxylic acids is 1. The van der Waals surface area contributed by atoms with Gasteiger partial charge in [-0.15, -0.1) is 0 Å². The summed E-state index contributed by atoms with van der Waals surface area (Å²) >= 11 is 0. The number of non-ortho nitro benzene ring substituents is 1. The van der Waals surface area contributed by atoms with Crippen LogP contribution in [0.3, 0.4) is 0 Å². The van der Waals surface area contributed by atoms with Crippen molar-refractivity contribution < 1.29 is 14.5 Å². The van der Waals surface area contributed by atoms with Gasteiger partial charge in [-0.25, -0.2) is 4.79 Å². The number of dihydropyridines is 1. The third kappa shape index (κ3) is 3.70. The van der Waals surface area contributed by atoms with Crippen LogP contribution >= 0.6 is 0 Å². The number of rotatable bonds is 5. The fourth-order valence-electron chi connectivity index (χ4n) is 2.83. The number of ether oxygens (including phenoxy) is 1. The molecule has 0 unspecified atom stereocenters. The number of esters is 1. The number of allylic oxidation sites excluding steroid dienone is 3. The molecule has 1 atom stereocenters. The van der Waals surface area contributed by atoms with E-state index in [1.165, 1.54) is 18.2 Å². The second kappa shape index (κ2) is 7.95. The van der Waals surface area contributed by atoms with Crippen LogP contribution in [0.4, 0.5) is 5.69 Å². The van der Waals surface area contributed by atoms with Crippen molar-refractivity contribution in [1.29, 1.82) is 10.5 Å². The maximum Gasteiger partial charge on any atom is 0.336 e. The normalized spacial score (nSPS) is 16.4. The molecule has 0 saturated heterocycles. The summed E-state index contributed by atoms with van der Waals surface area (Å²) in [6.07, 6.45) is 0.0486. The van der Waals surface area contributed by atoms with Gasteiger partial charge in [0, 0.05) is 23.5 Å². The third-order valence-corrected chi connectivity index (χ3v) is 3.96. The standard InChI is InChI=1S/C18H16N4O4/c1-11-15(10-20)17(13-5-3-6-14(9-13)22(24)25)16(12(2)21-11)18(23)26-8-4-7-19/h3,5-6,9,17,21H,4,8H2,1-2H3/t17-/m0/s1. The van der Waals surface area contributed by atoms with Crippen molar-refractivity contribution in [2.24, 2.45) is 0 Å². The van der Waals surface area contributed by atoms with Crippen LogP contribution in [0, 0.1) is 32.8 Å². The first-order chi connectivity index (χ1) is 12.4. The van der Waals surface area contributed by atoms with Crippen molar-refractivity contribution in [3.63, 3.8) is 0 Å². The average Bonchev–Trinajstić information content (AvgIpc) is 2.61. The van der Waals surface area contributed by atoms with Crippen LogP contribution in [0.1, 0.15) is 31.7 Å². The molecule has 0 amide bonds. The zero-order valence-electron chi connectivity index (χ0n) is 14.3. The molecule has 0 aliphatic carbocycles. The fraction of sp³-hybridized carbons (Fsp3) is 0.278. The summed E-state index contributed by atoms with van der Waals surface area (Å²) < 4.78 is 5.12. The van der Waals surface area contributed by atoms with Gasteiger partial charge in [-0.2, -0.15) is 10.5 Å². The monoisotopic (exact) mass is 352 g/mol. The van der Waals surface area contributed by atoms with Gasteiger partial charge in [0.1, 0.15) is 6.61 Å². The summed E-state index contributed by atoms with van der Waals surface area (Å²) in [6.45, 7) is 3.30. The van der Waals surface area contributed by atoms with E-state index in [0.717, 1.165) is 0 Å². The van der Waals surface area contributed by atoms with Gasteiger partial charge in [0.2, 0.25) is 0 Å². The molecule has 0 fully saturated rings. The van der Waals surface area contributed by atoms with Crippen molar-refractivity contribution >= 4 is 11.7 Å². The fourth-order valence-corrected chi connectivity index (χ4v) is 2.83. The zero-order chi connectivity index (χ0) is 19.3. The van der Waals surface area contributed by atoms with E-state index in [0.29, 0.717) is 17.0 Å². The molecule has 8 nitrogen and oxygen atoms in total. The molecule has 8 heteroatoms. The minimum atomic E-state index is -0.782. The molecule has 1 aromatic rings. The van der Waals surface area contributed by atoms with Gasteiger partial charge in [-0.3, -0.25) is 10.1 Å². The van der Waals surface area contributed by atoms with E-state index in [2.05, 4.69) is 11.4 Å². The molecule has 1 aliphatic rings. The highest BCUT2D eigenvalue weighted by Crippen LogP contribution is 2.39. The number of nitrogens with zero attached hydrogens (tertiary/aromatic N) is 3. The topological polar surface area (TPSA) is 129 Å². The smallest absolute Gasteiger partial charge is 0.336 e. The Kier molecular flexibility index (Phi) is 5.71. The summed E-state index contributed by atoms with van der Waals surface area (Å²) in [5.41, 5.74) is 1.86. The lowest BCUT2D eigenvalue weighted by Crippen LogP contribution is -2.29. The summed E-state index contributed by atoms with van der Waals surface area (Å²) in [5, 5.41) is 32.2. The first-order valence-corrected chi connectivity index (χ1v) is 7.77. The Labute approximate surface area is 150 Å². The van der Waals surface area contributed by atoms with Gasteiger partial charge in [0.15, 0.2) is 0 Å². The number of nitro benzene ring substituents is 1. The summed E-state index contributed by atoms with van der Waals surface area (Å²) in [4.78, 5) is 23.1. The molecule has 1 N–H and O–H groups in total. The number of carbonyl (C=O) groups is 1. The van der Waals surface area contributed by atoms with Crippen LogP contribution in [0.5, 0.6) is 0 Å². The van der Waals surface area contributed by atoms with Crippen LogP contribution < -0.4 is 5.32 Å². The van der Waals surface area contributed by atoms with Crippen LogP contribution in [0.25, 0.3) is 0 Å². The number of hydrogen-bond acceptors (Lipinski definition) is 7. The molecule has 132 valence electrons. The van der Waals surface area contributed by atoms with Crippen LogP contribution in [-0.2, 0) is 9.53 Å². The molecule has 1 aliphatic heterocycles. The number of nitro groups is 1. The molecule has 0 spiro atoms. The Bertz CT molecular complexity index is 903. The highest BCUT2D eigenvalue weighted by molar-refractivity contribution is 5.93. The Balaban J connectivity index is 2.54. The van der Waals surface area contributed by atoms with Crippen molar-refractivity contribution in [3.8, 4) is 12.1 Å². The van der Waals surface area contributed by atoms with Crippen molar-refractivity contribution in [1.82, 2.24) is 5.32 Å². The van der Waals surface area contributed by atoms with Crippen molar-refractivity contribution in [2.45, 2.75) is 26.2 Å². The highest BCUT2D eigenvalue weighted by Gasteiger charge is 2.34. The van der Waals surface area contributed by atoms with Gasteiger partial charge >= 0.3 is 5.97 Å². The average molecular weight is 352 g/mol. The molecule has 1 aromatic carbocycles. The van der Waals surface area contributed by atoms with Gasteiger partial charge in [0.05, 0.1) is 40.5 Å². The minimum absolute atomic E-state index is 0.0486. The largest absolute Gasteiger partial charge is 0.461 e. The van der Waals surface area contributed by atoms with E-state index in [4.69, 9.17) is 10.00 Å². The Morgan fingerprint density at radius 2 is 2.08 bits per heavy atom. The maximum atomic E-state index is 12.6. The number of nitrogens with one attached hydrogen (secondary N) is 1. The Morgan fingerprint density at radius 1 is 1.35 bits per heavy atom. The lowest BCUT2D eigenvalue weighted by molar-refractivity contribution is -0.384. The Morgan fingerprint density at radius 3 is 2.69 bits per heavy atom. The second-order valence-corrected chi connectivity index (χ2v) is 5.64. The molecule has 2 rings (SSSR count). The maximum absolute atomic E-state index is 12.6. The highest BCUT2D eigenvalue weighted by atomic mass is 16.6. The molecule has 0 bridgehead atoms. The Hall–Kier alpha value is -3.65. The van der Waals surface area contributed by atoms with E-state index in [1.54, 1.807) is 19.9 Å². The van der Waals surface area contributed by atoms with E-state index in [-0.39, 0.29) is 29.9 Å². The SMILES string of the molecule is CC1=C(C#N)[C@H](c2cccc([N+](=O)[O-])c2)C(C(=O)OCCC#N)=C(C)N1. The van der Waals surface area contributed by atoms with Crippen molar-refractivity contribution in [3.05, 3.63) is 62.5 Å². The number of nitriles is 2.